The number of halogens is 2. The van der Waals surface area contributed by atoms with E-state index in [-0.39, 0.29) is 5.56 Å². The van der Waals surface area contributed by atoms with Crippen molar-refractivity contribution in [2.45, 2.75) is 77.6 Å². The number of aryl methyl sites for hydroxylation is 1. The molecular weight excluding hydrogens is 304 g/mol. The molecule has 0 heterocycles. The van der Waals surface area contributed by atoms with Crippen molar-refractivity contribution in [1.82, 2.24) is 0 Å². The normalized spacial score (nSPS) is 20.8. The van der Waals surface area contributed by atoms with Crippen LogP contribution in [0.25, 0.3) is 0 Å². The van der Waals surface area contributed by atoms with Gasteiger partial charge in [0.15, 0.2) is 11.6 Å². The molecule has 0 N–H and O–H groups in total. The first-order valence-electron chi connectivity index (χ1n) is 9.52. The lowest BCUT2D eigenvalue weighted by Gasteiger charge is -2.28. The zero-order valence-corrected chi connectivity index (χ0v) is 14.8. The average Bonchev–Trinajstić information content (AvgIpc) is 2.61. The third-order valence-corrected chi connectivity index (χ3v) is 5.54. The van der Waals surface area contributed by atoms with Crippen molar-refractivity contribution in [3.63, 3.8) is 0 Å². The van der Waals surface area contributed by atoms with Gasteiger partial charge in [-0.3, -0.25) is 0 Å². The first-order chi connectivity index (χ1) is 11.7. The highest BCUT2D eigenvalue weighted by Crippen LogP contribution is 2.34. The molecule has 0 aromatic heterocycles. The average molecular weight is 333 g/mol. The molecule has 1 aliphatic rings. The lowest BCUT2D eigenvalue weighted by Crippen LogP contribution is -2.15. The van der Waals surface area contributed by atoms with E-state index >= 15 is 0 Å². The van der Waals surface area contributed by atoms with E-state index in [0.717, 1.165) is 12.3 Å². The minimum atomic E-state index is -0.995. The molecule has 1 aliphatic carbocycles. The van der Waals surface area contributed by atoms with Crippen LogP contribution in [0.5, 0.6) is 0 Å². The van der Waals surface area contributed by atoms with Crippen LogP contribution in [-0.2, 0) is 6.42 Å². The van der Waals surface area contributed by atoms with Crippen LogP contribution in [0.1, 0.15) is 82.3 Å². The highest BCUT2D eigenvalue weighted by Gasteiger charge is 2.21. The summed E-state index contributed by atoms with van der Waals surface area (Å²) in [6.45, 7) is 2.24. The van der Waals surface area contributed by atoms with Gasteiger partial charge < -0.3 is 0 Å². The smallest absolute Gasteiger partial charge is 0.176 e. The van der Waals surface area contributed by atoms with Gasteiger partial charge in [-0.2, -0.15) is 5.26 Å². The van der Waals surface area contributed by atoms with Crippen molar-refractivity contribution in [1.29, 1.82) is 5.26 Å². The Labute approximate surface area is 145 Å². The summed E-state index contributed by atoms with van der Waals surface area (Å²) < 4.78 is 27.6. The molecule has 24 heavy (non-hydrogen) atoms. The molecular formula is C21H29F2N. The number of hydrogen-bond donors (Lipinski definition) is 0. The summed E-state index contributed by atoms with van der Waals surface area (Å²) in [4.78, 5) is 0. The highest BCUT2D eigenvalue weighted by molar-refractivity contribution is 5.34. The Morgan fingerprint density at radius 2 is 1.62 bits per heavy atom. The summed E-state index contributed by atoms with van der Waals surface area (Å²) in [6.07, 6.45) is 13.2. The molecule has 0 spiro atoms. The number of hydrogen-bond acceptors (Lipinski definition) is 1. The van der Waals surface area contributed by atoms with E-state index in [2.05, 4.69) is 6.92 Å². The predicted octanol–water partition coefficient (Wildman–Crippen LogP) is 6.55. The minimum Gasteiger partial charge on any atom is -0.203 e. The summed E-state index contributed by atoms with van der Waals surface area (Å²) >= 11 is 0. The summed E-state index contributed by atoms with van der Waals surface area (Å²) in [6, 6.07) is 4.64. The van der Waals surface area contributed by atoms with E-state index < -0.39 is 11.6 Å². The van der Waals surface area contributed by atoms with Crippen LogP contribution in [0, 0.1) is 34.8 Å². The monoisotopic (exact) mass is 333 g/mol. The maximum Gasteiger partial charge on any atom is 0.176 e. The van der Waals surface area contributed by atoms with Crippen molar-refractivity contribution in [2.24, 2.45) is 11.8 Å². The van der Waals surface area contributed by atoms with E-state index in [4.69, 9.17) is 5.26 Å². The second-order valence-corrected chi connectivity index (χ2v) is 7.29. The van der Waals surface area contributed by atoms with Crippen LogP contribution in [0.15, 0.2) is 12.1 Å². The molecule has 132 valence electrons. The maximum absolute atomic E-state index is 13.9. The molecule has 0 bridgehead atoms. The number of benzene rings is 1. The third kappa shape index (κ3) is 5.30. The molecule has 2 rings (SSSR count). The summed E-state index contributed by atoms with van der Waals surface area (Å²) in [5.41, 5.74) is 0.202. The van der Waals surface area contributed by atoms with Crippen LogP contribution >= 0.6 is 0 Å². The Morgan fingerprint density at radius 3 is 2.25 bits per heavy atom. The molecule has 0 radical (unpaired) electrons. The van der Waals surface area contributed by atoms with Gasteiger partial charge in [0.1, 0.15) is 6.07 Å². The molecule has 0 atom stereocenters. The molecule has 0 unspecified atom stereocenters. The van der Waals surface area contributed by atoms with Gasteiger partial charge in [0.25, 0.3) is 0 Å². The Bertz CT molecular complexity index is 554. The van der Waals surface area contributed by atoms with Crippen LogP contribution < -0.4 is 0 Å². The minimum absolute atomic E-state index is 0.208. The number of rotatable bonds is 8. The number of nitriles is 1. The van der Waals surface area contributed by atoms with Crippen molar-refractivity contribution in [2.75, 3.05) is 0 Å². The Balaban J connectivity index is 1.73. The van der Waals surface area contributed by atoms with Crippen LogP contribution in [-0.4, -0.2) is 0 Å². The molecule has 0 aliphatic heterocycles. The summed E-state index contributed by atoms with van der Waals surface area (Å²) in [5.74, 6) is -0.318. The first-order valence-corrected chi connectivity index (χ1v) is 9.52. The topological polar surface area (TPSA) is 23.8 Å². The second-order valence-electron chi connectivity index (χ2n) is 7.29. The van der Waals surface area contributed by atoms with Crippen molar-refractivity contribution < 1.29 is 8.78 Å². The standard InChI is InChI=1S/C21H29F2N/c1-2-3-4-5-6-16-7-9-17(10-8-16)11-12-18-13-14-19(15-24)21(23)20(18)22/h13-14,16-17H,2-12H2,1H3. The second kappa shape index (κ2) is 9.77. The van der Waals surface area contributed by atoms with Crippen LogP contribution in [0.2, 0.25) is 0 Å². The molecule has 3 heteroatoms. The Morgan fingerprint density at radius 1 is 0.958 bits per heavy atom. The first kappa shape index (κ1) is 18.9. The van der Waals surface area contributed by atoms with Gasteiger partial charge in [0, 0.05) is 0 Å². The molecule has 1 nitrogen and oxygen atoms in total. The Hall–Kier alpha value is -1.43. The molecule has 1 fully saturated rings. The van der Waals surface area contributed by atoms with Gasteiger partial charge in [-0.15, -0.1) is 0 Å². The number of unbranched alkanes of at least 4 members (excludes halogenated alkanes) is 3. The van der Waals surface area contributed by atoms with Gasteiger partial charge in [-0.25, -0.2) is 8.78 Å². The van der Waals surface area contributed by atoms with Crippen molar-refractivity contribution >= 4 is 0 Å². The fourth-order valence-corrected chi connectivity index (χ4v) is 3.90. The van der Waals surface area contributed by atoms with Crippen LogP contribution in [0.3, 0.4) is 0 Å². The van der Waals surface area contributed by atoms with E-state index in [1.807, 2.05) is 0 Å². The fraction of sp³-hybridized carbons (Fsp3) is 0.667. The van der Waals surface area contributed by atoms with E-state index in [9.17, 15) is 8.78 Å². The zero-order valence-electron chi connectivity index (χ0n) is 14.8. The highest BCUT2D eigenvalue weighted by atomic mass is 19.2. The van der Waals surface area contributed by atoms with E-state index in [1.165, 1.54) is 63.9 Å². The molecule has 0 saturated heterocycles. The molecule has 0 amide bonds. The van der Waals surface area contributed by atoms with Gasteiger partial charge >= 0.3 is 0 Å². The number of nitrogens with zero attached hydrogens (tertiary/aromatic N) is 1. The maximum atomic E-state index is 13.9. The van der Waals surface area contributed by atoms with Gasteiger partial charge in [0.2, 0.25) is 0 Å². The predicted molar refractivity (Wildman–Crippen MR) is 93.6 cm³/mol. The van der Waals surface area contributed by atoms with Crippen LogP contribution in [0.4, 0.5) is 8.78 Å². The third-order valence-electron chi connectivity index (χ3n) is 5.54. The Kier molecular flexibility index (Phi) is 7.69. The lowest BCUT2D eigenvalue weighted by molar-refractivity contribution is 0.248. The van der Waals surface area contributed by atoms with E-state index in [0.29, 0.717) is 17.9 Å². The summed E-state index contributed by atoms with van der Waals surface area (Å²) in [5, 5.41) is 8.73. The SMILES string of the molecule is CCCCCCC1CCC(CCc2ccc(C#N)c(F)c2F)CC1. The lowest BCUT2D eigenvalue weighted by atomic mass is 9.77. The largest absolute Gasteiger partial charge is 0.203 e. The molecule has 1 aromatic rings. The van der Waals surface area contributed by atoms with Crippen molar-refractivity contribution in [3.05, 3.63) is 34.9 Å². The molecule has 1 aromatic carbocycles. The van der Waals surface area contributed by atoms with Gasteiger partial charge in [-0.1, -0.05) is 70.8 Å². The quantitative estimate of drug-likeness (QED) is 0.495. The van der Waals surface area contributed by atoms with Crippen molar-refractivity contribution in [3.8, 4) is 6.07 Å². The zero-order chi connectivity index (χ0) is 17.4. The van der Waals surface area contributed by atoms with Gasteiger partial charge in [-0.05, 0) is 36.3 Å². The van der Waals surface area contributed by atoms with Gasteiger partial charge in [0.05, 0.1) is 5.56 Å². The fourth-order valence-electron chi connectivity index (χ4n) is 3.90. The molecule has 1 saturated carbocycles. The van der Waals surface area contributed by atoms with E-state index in [1.54, 1.807) is 12.1 Å². The summed E-state index contributed by atoms with van der Waals surface area (Å²) in [7, 11) is 0.